The van der Waals surface area contributed by atoms with Crippen molar-refractivity contribution < 1.29 is 0 Å². The normalized spacial score (nSPS) is 12.4. The summed E-state index contributed by atoms with van der Waals surface area (Å²) < 4.78 is 2.02. The van der Waals surface area contributed by atoms with Crippen LogP contribution in [0.15, 0.2) is 43.0 Å². The zero-order valence-electron chi connectivity index (χ0n) is 11.2. The number of rotatable bonds is 4. The Hall–Kier alpha value is -2.63. The minimum atomic E-state index is 0.196. The van der Waals surface area contributed by atoms with Gasteiger partial charge in [-0.3, -0.25) is 0 Å². The average molecular weight is 268 g/mol. The monoisotopic (exact) mass is 268 g/mol. The van der Waals surface area contributed by atoms with Gasteiger partial charge in [-0.15, -0.1) is 0 Å². The number of hydrogen-bond donors (Lipinski definition) is 2. The Kier molecular flexibility index (Phi) is 3.20. The maximum Gasteiger partial charge on any atom is 0.222 e. The smallest absolute Gasteiger partial charge is 0.222 e. The van der Waals surface area contributed by atoms with Crippen molar-refractivity contribution in [2.24, 2.45) is 0 Å². The summed E-state index contributed by atoms with van der Waals surface area (Å²) in [5.41, 5.74) is 6.60. The van der Waals surface area contributed by atoms with E-state index in [9.17, 15) is 0 Å². The van der Waals surface area contributed by atoms with Crippen molar-refractivity contribution >= 4 is 22.7 Å². The van der Waals surface area contributed by atoms with Crippen LogP contribution in [-0.2, 0) is 6.54 Å². The van der Waals surface area contributed by atoms with Crippen molar-refractivity contribution in [2.75, 3.05) is 11.1 Å². The van der Waals surface area contributed by atoms with Crippen molar-refractivity contribution in [1.29, 1.82) is 0 Å². The number of fused-ring (bicyclic) bond motifs is 1. The highest BCUT2D eigenvalue weighted by atomic mass is 15.1. The van der Waals surface area contributed by atoms with Crippen LogP contribution < -0.4 is 11.1 Å². The third-order valence-corrected chi connectivity index (χ3v) is 3.05. The van der Waals surface area contributed by atoms with Crippen LogP contribution in [-0.4, -0.2) is 25.6 Å². The first kappa shape index (κ1) is 12.4. The average Bonchev–Trinajstić information content (AvgIpc) is 2.91. The van der Waals surface area contributed by atoms with E-state index in [1.165, 1.54) is 0 Å². The van der Waals surface area contributed by atoms with Gasteiger partial charge in [0.25, 0.3) is 0 Å². The van der Waals surface area contributed by atoms with E-state index < -0.39 is 0 Å². The van der Waals surface area contributed by atoms with Gasteiger partial charge in [-0.1, -0.05) is 12.1 Å². The van der Waals surface area contributed by atoms with Crippen LogP contribution in [0.1, 0.15) is 6.92 Å². The van der Waals surface area contributed by atoms with Crippen LogP contribution in [0.2, 0.25) is 0 Å². The first-order valence-electron chi connectivity index (χ1n) is 6.47. The lowest BCUT2D eigenvalue weighted by Gasteiger charge is -2.16. The lowest BCUT2D eigenvalue weighted by atomic mass is 10.2. The fourth-order valence-electron chi connectivity index (χ4n) is 2.19. The van der Waals surface area contributed by atoms with E-state index in [2.05, 4.69) is 27.2 Å². The topological polar surface area (TPSA) is 81.7 Å². The van der Waals surface area contributed by atoms with Gasteiger partial charge in [0, 0.05) is 30.4 Å². The number of nitrogens with one attached hydrogen (secondary N) is 1. The minimum absolute atomic E-state index is 0.196. The molecule has 6 nitrogen and oxygen atoms in total. The summed E-state index contributed by atoms with van der Waals surface area (Å²) in [6, 6.07) is 8.02. The van der Waals surface area contributed by atoms with Gasteiger partial charge in [0.2, 0.25) is 5.95 Å². The van der Waals surface area contributed by atoms with Crippen LogP contribution in [0.25, 0.3) is 10.9 Å². The molecular weight excluding hydrogens is 252 g/mol. The van der Waals surface area contributed by atoms with E-state index >= 15 is 0 Å². The predicted octanol–water partition coefficient (Wildman–Crippen LogP) is 1.91. The Morgan fingerprint density at radius 3 is 2.95 bits per heavy atom. The molecule has 3 N–H and O–H groups in total. The molecule has 0 bridgehead atoms. The second-order valence-electron chi connectivity index (χ2n) is 4.75. The highest BCUT2D eigenvalue weighted by molar-refractivity contribution is 5.89. The van der Waals surface area contributed by atoms with Gasteiger partial charge in [0.05, 0.1) is 11.8 Å². The fraction of sp³-hybridized carbons (Fsp3) is 0.214. The summed E-state index contributed by atoms with van der Waals surface area (Å²) in [5.74, 6) is 1.04. The summed E-state index contributed by atoms with van der Waals surface area (Å²) in [4.78, 5) is 12.6. The molecule has 2 aromatic heterocycles. The Labute approximate surface area is 116 Å². The molecule has 1 aromatic carbocycles. The molecule has 2 heterocycles. The zero-order valence-corrected chi connectivity index (χ0v) is 11.2. The molecule has 20 heavy (non-hydrogen) atoms. The summed E-state index contributed by atoms with van der Waals surface area (Å²) >= 11 is 0. The van der Waals surface area contributed by atoms with Crippen molar-refractivity contribution in [1.82, 2.24) is 19.5 Å². The Morgan fingerprint density at radius 1 is 1.30 bits per heavy atom. The van der Waals surface area contributed by atoms with E-state index in [1.54, 1.807) is 12.5 Å². The summed E-state index contributed by atoms with van der Waals surface area (Å²) in [6.07, 6.45) is 5.50. The molecule has 1 unspecified atom stereocenters. The standard InChI is InChI=1S/C14H16N6/c1-10(8-20-7-6-16-9-20)17-13-11-4-2-3-5-12(11)18-14(15)19-13/h2-7,9-10H,8H2,1H3,(H3,15,17,18,19). The lowest BCUT2D eigenvalue weighted by molar-refractivity contribution is 0.617. The first-order valence-corrected chi connectivity index (χ1v) is 6.47. The highest BCUT2D eigenvalue weighted by Crippen LogP contribution is 2.21. The van der Waals surface area contributed by atoms with E-state index in [-0.39, 0.29) is 12.0 Å². The molecule has 0 saturated heterocycles. The third-order valence-electron chi connectivity index (χ3n) is 3.05. The molecule has 0 aliphatic heterocycles. The SMILES string of the molecule is CC(Cn1ccnc1)Nc1nc(N)nc2ccccc12. The number of nitrogens with two attached hydrogens (primary N) is 1. The Bertz CT molecular complexity index is 707. The Morgan fingerprint density at radius 2 is 2.15 bits per heavy atom. The molecule has 1 atom stereocenters. The first-order chi connectivity index (χ1) is 9.72. The van der Waals surface area contributed by atoms with Gasteiger partial charge in [0.1, 0.15) is 5.82 Å². The third kappa shape index (κ3) is 2.54. The van der Waals surface area contributed by atoms with E-state index in [0.717, 1.165) is 23.3 Å². The number of nitrogens with zero attached hydrogens (tertiary/aromatic N) is 4. The van der Waals surface area contributed by atoms with Crippen LogP contribution in [0.4, 0.5) is 11.8 Å². The zero-order chi connectivity index (χ0) is 13.9. The number of imidazole rings is 1. The van der Waals surface area contributed by atoms with Crippen molar-refractivity contribution in [2.45, 2.75) is 19.5 Å². The molecule has 6 heteroatoms. The van der Waals surface area contributed by atoms with Gasteiger partial charge in [-0.2, -0.15) is 4.98 Å². The van der Waals surface area contributed by atoms with Gasteiger partial charge in [-0.25, -0.2) is 9.97 Å². The molecule has 102 valence electrons. The highest BCUT2D eigenvalue weighted by Gasteiger charge is 2.09. The number of aromatic nitrogens is 4. The van der Waals surface area contributed by atoms with Crippen LogP contribution in [0.5, 0.6) is 0 Å². The maximum absolute atomic E-state index is 5.76. The molecule has 0 aliphatic carbocycles. The second-order valence-corrected chi connectivity index (χ2v) is 4.75. The number of anilines is 2. The second kappa shape index (κ2) is 5.16. The van der Waals surface area contributed by atoms with Crippen LogP contribution in [0, 0.1) is 0 Å². The van der Waals surface area contributed by atoms with Crippen LogP contribution >= 0.6 is 0 Å². The molecule has 0 aliphatic rings. The van der Waals surface area contributed by atoms with Gasteiger partial charge in [-0.05, 0) is 19.1 Å². The summed E-state index contributed by atoms with van der Waals surface area (Å²) in [5, 5.41) is 4.36. The van der Waals surface area contributed by atoms with Crippen molar-refractivity contribution in [3.63, 3.8) is 0 Å². The molecule has 0 spiro atoms. The lowest BCUT2D eigenvalue weighted by Crippen LogP contribution is -2.22. The molecule has 0 saturated carbocycles. The van der Waals surface area contributed by atoms with Crippen LogP contribution in [0.3, 0.4) is 0 Å². The molecule has 0 fully saturated rings. The summed E-state index contributed by atoms with van der Waals surface area (Å²) in [6.45, 7) is 2.89. The van der Waals surface area contributed by atoms with E-state index in [0.29, 0.717) is 0 Å². The molecule has 0 amide bonds. The minimum Gasteiger partial charge on any atom is -0.368 e. The number of hydrogen-bond acceptors (Lipinski definition) is 5. The number of nitrogen functional groups attached to an aromatic ring is 1. The number of benzene rings is 1. The van der Waals surface area contributed by atoms with E-state index in [1.807, 2.05) is 35.0 Å². The van der Waals surface area contributed by atoms with Gasteiger partial charge < -0.3 is 15.6 Å². The van der Waals surface area contributed by atoms with E-state index in [4.69, 9.17) is 5.73 Å². The quantitative estimate of drug-likeness (QED) is 0.755. The molecule has 3 aromatic rings. The van der Waals surface area contributed by atoms with Gasteiger partial charge in [0.15, 0.2) is 0 Å². The Balaban J connectivity index is 1.86. The largest absolute Gasteiger partial charge is 0.368 e. The molecule has 0 radical (unpaired) electrons. The summed E-state index contributed by atoms with van der Waals surface area (Å²) in [7, 11) is 0. The fourth-order valence-corrected chi connectivity index (χ4v) is 2.19. The molecular formula is C14H16N6. The van der Waals surface area contributed by atoms with Crippen molar-refractivity contribution in [3.8, 4) is 0 Å². The predicted molar refractivity (Wildman–Crippen MR) is 79.3 cm³/mol. The van der Waals surface area contributed by atoms with Gasteiger partial charge >= 0.3 is 0 Å². The number of para-hydroxylation sites is 1. The maximum atomic E-state index is 5.76. The molecule has 3 rings (SSSR count). The van der Waals surface area contributed by atoms with Crippen molar-refractivity contribution in [3.05, 3.63) is 43.0 Å².